The zero-order chi connectivity index (χ0) is 34.6. The Bertz CT molecular complexity index is 3030. The average molecular weight is 679 g/mol. The van der Waals surface area contributed by atoms with Gasteiger partial charge in [0.05, 0.1) is 0 Å². The molecule has 0 spiro atoms. The minimum atomic E-state index is -0.157. The third-order valence-electron chi connectivity index (χ3n) is 11.6. The second-order valence-corrected chi connectivity index (χ2v) is 15.9. The molecule has 244 valence electrons. The van der Waals surface area contributed by atoms with Crippen molar-refractivity contribution in [1.82, 2.24) is 0 Å². The highest BCUT2D eigenvalue weighted by Gasteiger charge is 2.36. The van der Waals surface area contributed by atoms with E-state index in [1.54, 1.807) is 0 Å². The fourth-order valence-corrected chi connectivity index (χ4v) is 10.3. The molecule has 1 heteroatoms. The van der Waals surface area contributed by atoms with Gasteiger partial charge in [-0.05, 0) is 118 Å². The minimum absolute atomic E-state index is 0.157. The summed E-state index contributed by atoms with van der Waals surface area (Å²) < 4.78 is 2.69. The van der Waals surface area contributed by atoms with Crippen molar-refractivity contribution in [2.45, 2.75) is 19.3 Å². The largest absolute Gasteiger partial charge is 0.135 e. The van der Waals surface area contributed by atoms with E-state index in [1.165, 1.54) is 108 Å². The number of fused-ring (bicyclic) bond motifs is 9. The summed E-state index contributed by atoms with van der Waals surface area (Å²) in [5.74, 6) is 0. The number of hydrogen-bond donors (Lipinski definition) is 0. The summed E-state index contributed by atoms with van der Waals surface area (Å²) in [7, 11) is 0. The third-order valence-corrected chi connectivity index (χ3v) is 12.8. The van der Waals surface area contributed by atoms with Gasteiger partial charge in [-0.25, -0.2) is 0 Å². The Morgan fingerprint density at radius 2 is 0.904 bits per heavy atom. The smallest absolute Gasteiger partial charge is 0.0362 e. The molecule has 1 aromatic heterocycles. The maximum absolute atomic E-state index is 2.49. The molecule has 0 radical (unpaired) electrons. The highest BCUT2D eigenvalue weighted by atomic mass is 32.1. The van der Waals surface area contributed by atoms with Gasteiger partial charge in [-0.3, -0.25) is 0 Å². The lowest BCUT2D eigenvalue weighted by Crippen LogP contribution is -2.15. The van der Waals surface area contributed by atoms with Crippen LogP contribution in [0.2, 0.25) is 0 Å². The summed E-state index contributed by atoms with van der Waals surface area (Å²) in [5, 5.41) is 10.5. The summed E-state index contributed by atoms with van der Waals surface area (Å²) in [6.07, 6.45) is 0. The lowest BCUT2D eigenvalue weighted by molar-refractivity contribution is 0.661. The standard InChI is InChI=1S/C51H34S/c1-51(2)45-28-33(35-21-12-15-32-27-44-38-16-10-11-22-47(38)52-48(44)30-43(32)35)23-25-36(45)37-26-24-34(29-46(37)51)50-41-19-8-6-17-39(41)49(31-13-4-3-5-14-31)40-18-7-9-20-42(40)50/h3-30H,1-2H3. The van der Waals surface area contributed by atoms with Gasteiger partial charge in [-0.1, -0.05) is 153 Å². The molecule has 0 unspecified atom stereocenters. The van der Waals surface area contributed by atoms with Crippen LogP contribution in [0.4, 0.5) is 0 Å². The highest BCUT2D eigenvalue weighted by molar-refractivity contribution is 7.25. The monoisotopic (exact) mass is 678 g/mol. The van der Waals surface area contributed by atoms with E-state index in [1.807, 2.05) is 11.3 Å². The van der Waals surface area contributed by atoms with Crippen LogP contribution >= 0.6 is 11.3 Å². The molecule has 1 aliphatic carbocycles. The fraction of sp³-hybridized carbons (Fsp3) is 0.0588. The predicted molar refractivity (Wildman–Crippen MR) is 226 cm³/mol. The van der Waals surface area contributed by atoms with Crippen molar-refractivity contribution >= 4 is 63.8 Å². The molecule has 1 heterocycles. The van der Waals surface area contributed by atoms with Crippen molar-refractivity contribution in [2.24, 2.45) is 0 Å². The second kappa shape index (κ2) is 11.0. The van der Waals surface area contributed by atoms with Gasteiger partial charge in [0, 0.05) is 25.6 Å². The van der Waals surface area contributed by atoms with Crippen LogP contribution in [0, 0.1) is 0 Å². The van der Waals surface area contributed by atoms with Gasteiger partial charge in [0.1, 0.15) is 0 Å². The SMILES string of the molecule is CC1(C)c2cc(-c3cccc4cc5c(cc34)sc3ccccc35)ccc2-c2ccc(-c3c4ccccc4c(-c4ccccc4)c4ccccc34)cc21. The molecule has 0 atom stereocenters. The van der Waals surface area contributed by atoms with E-state index in [0.717, 1.165) is 0 Å². The first-order valence-corrected chi connectivity index (χ1v) is 19.0. The Morgan fingerprint density at radius 1 is 0.346 bits per heavy atom. The van der Waals surface area contributed by atoms with E-state index in [4.69, 9.17) is 0 Å². The van der Waals surface area contributed by atoms with Crippen LogP contribution in [-0.4, -0.2) is 0 Å². The van der Waals surface area contributed by atoms with Gasteiger partial charge in [-0.2, -0.15) is 0 Å². The van der Waals surface area contributed by atoms with Gasteiger partial charge in [0.2, 0.25) is 0 Å². The molecule has 52 heavy (non-hydrogen) atoms. The summed E-state index contributed by atoms with van der Waals surface area (Å²) in [6, 6.07) is 63.5. The van der Waals surface area contributed by atoms with Gasteiger partial charge in [0.15, 0.2) is 0 Å². The van der Waals surface area contributed by atoms with Crippen molar-refractivity contribution < 1.29 is 0 Å². The Kier molecular flexibility index (Phi) is 6.27. The van der Waals surface area contributed by atoms with Crippen LogP contribution in [0.5, 0.6) is 0 Å². The van der Waals surface area contributed by atoms with E-state index < -0.39 is 0 Å². The maximum atomic E-state index is 2.49. The Morgan fingerprint density at radius 3 is 1.58 bits per heavy atom. The second-order valence-electron chi connectivity index (χ2n) is 14.8. The van der Waals surface area contributed by atoms with Crippen LogP contribution in [0.15, 0.2) is 170 Å². The van der Waals surface area contributed by atoms with Gasteiger partial charge in [-0.15, -0.1) is 11.3 Å². The molecule has 1 aliphatic rings. The van der Waals surface area contributed by atoms with E-state index in [0.29, 0.717) is 0 Å². The lowest BCUT2D eigenvalue weighted by Gasteiger charge is -2.23. The van der Waals surface area contributed by atoms with E-state index >= 15 is 0 Å². The molecule has 10 aromatic rings. The molecule has 0 aliphatic heterocycles. The van der Waals surface area contributed by atoms with E-state index in [2.05, 4.69) is 184 Å². The van der Waals surface area contributed by atoms with Crippen molar-refractivity contribution in [2.75, 3.05) is 0 Å². The molecular formula is C51H34S. The topological polar surface area (TPSA) is 0 Å². The highest BCUT2D eigenvalue weighted by Crippen LogP contribution is 2.52. The average Bonchev–Trinajstić information content (AvgIpc) is 3.66. The molecule has 0 saturated heterocycles. The molecular weight excluding hydrogens is 645 g/mol. The Labute approximate surface area is 307 Å². The van der Waals surface area contributed by atoms with Crippen LogP contribution < -0.4 is 0 Å². The van der Waals surface area contributed by atoms with Crippen LogP contribution in [-0.2, 0) is 5.41 Å². The van der Waals surface area contributed by atoms with E-state index in [-0.39, 0.29) is 5.41 Å². The molecule has 0 nitrogen and oxygen atoms in total. The van der Waals surface area contributed by atoms with Crippen molar-refractivity contribution in [3.8, 4) is 44.5 Å². The van der Waals surface area contributed by atoms with Crippen LogP contribution in [0.25, 0.3) is 97.0 Å². The number of benzene rings is 9. The summed E-state index contributed by atoms with van der Waals surface area (Å²) in [5.41, 5.74) is 13.0. The quantitative estimate of drug-likeness (QED) is 0.163. The lowest BCUT2D eigenvalue weighted by atomic mass is 9.80. The van der Waals surface area contributed by atoms with Crippen molar-refractivity contribution in [3.05, 3.63) is 181 Å². The third kappa shape index (κ3) is 4.21. The Balaban J connectivity index is 1.07. The maximum Gasteiger partial charge on any atom is 0.0362 e. The summed E-state index contributed by atoms with van der Waals surface area (Å²) in [6.45, 7) is 4.81. The molecule has 9 aromatic carbocycles. The zero-order valence-electron chi connectivity index (χ0n) is 29.1. The summed E-state index contributed by atoms with van der Waals surface area (Å²) >= 11 is 1.89. The molecule has 0 fully saturated rings. The van der Waals surface area contributed by atoms with Crippen LogP contribution in [0.3, 0.4) is 0 Å². The molecule has 0 amide bonds. The van der Waals surface area contributed by atoms with Crippen molar-refractivity contribution in [3.63, 3.8) is 0 Å². The summed E-state index contributed by atoms with van der Waals surface area (Å²) in [4.78, 5) is 0. The molecule has 0 N–H and O–H groups in total. The first kappa shape index (κ1) is 29.7. The first-order chi connectivity index (χ1) is 25.5. The van der Waals surface area contributed by atoms with Gasteiger partial charge >= 0.3 is 0 Å². The minimum Gasteiger partial charge on any atom is -0.135 e. The van der Waals surface area contributed by atoms with Crippen LogP contribution in [0.1, 0.15) is 25.0 Å². The normalized spacial score (nSPS) is 13.3. The first-order valence-electron chi connectivity index (χ1n) is 18.2. The molecule has 0 bridgehead atoms. The van der Waals surface area contributed by atoms with E-state index in [9.17, 15) is 0 Å². The van der Waals surface area contributed by atoms with Gasteiger partial charge < -0.3 is 0 Å². The number of rotatable bonds is 3. The fourth-order valence-electron chi connectivity index (χ4n) is 9.16. The van der Waals surface area contributed by atoms with Gasteiger partial charge in [0.25, 0.3) is 0 Å². The predicted octanol–water partition coefficient (Wildman–Crippen LogP) is 14.8. The molecule has 0 saturated carbocycles. The van der Waals surface area contributed by atoms with Crippen molar-refractivity contribution in [1.29, 1.82) is 0 Å². The zero-order valence-corrected chi connectivity index (χ0v) is 29.9. The Hall–Kier alpha value is -6.02. The molecule has 11 rings (SSSR count). The number of hydrogen-bond acceptors (Lipinski definition) is 1. The number of thiophene rings is 1.